The van der Waals surface area contributed by atoms with Gasteiger partial charge in [0.1, 0.15) is 0 Å². The van der Waals surface area contributed by atoms with E-state index >= 15 is 0 Å². The van der Waals surface area contributed by atoms with Gasteiger partial charge in [0.05, 0.1) is 25.4 Å². The number of hydrogen-bond donors (Lipinski definition) is 2. The summed E-state index contributed by atoms with van der Waals surface area (Å²) in [6.45, 7) is 0.252. The van der Waals surface area contributed by atoms with Gasteiger partial charge in [-0.1, -0.05) is 30.0 Å². The van der Waals surface area contributed by atoms with Gasteiger partial charge in [-0.05, 0) is 23.6 Å². The van der Waals surface area contributed by atoms with Crippen molar-refractivity contribution in [2.24, 2.45) is 5.92 Å². The number of aliphatic hydroxyl groups excluding tert-OH is 2. The highest BCUT2D eigenvalue weighted by molar-refractivity contribution is 8.02. The summed E-state index contributed by atoms with van der Waals surface area (Å²) in [4.78, 5) is 1.16. The van der Waals surface area contributed by atoms with Crippen molar-refractivity contribution in [1.82, 2.24) is 0 Å². The van der Waals surface area contributed by atoms with Crippen LogP contribution in [0.15, 0.2) is 46.7 Å². The Labute approximate surface area is 105 Å². The molecule has 2 rings (SSSR count). The maximum atomic E-state index is 9.55. The highest BCUT2D eigenvalue weighted by Crippen LogP contribution is 2.25. The molecule has 0 radical (unpaired) electrons. The van der Waals surface area contributed by atoms with Crippen LogP contribution in [0.25, 0.3) is 0 Å². The molecule has 0 aromatic heterocycles. The Bertz CT molecular complexity index is 366. The molecular formula is C13H16O3S. The molecule has 1 aromatic carbocycles. The molecule has 3 nitrogen and oxygen atoms in total. The highest BCUT2D eigenvalue weighted by atomic mass is 32.2. The van der Waals surface area contributed by atoms with E-state index in [1.165, 1.54) is 0 Å². The summed E-state index contributed by atoms with van der Waals surface area (Å²) in [5, 5.41) is 20.6. The maximum Gasteiger partial charge on any atom is 0.0852 e. The quantitative estimate of drug-likeness (QED) is 0.800. The van der Waals surface area contributed by atoms with Crippen LogP contribution in [-0.4, -0.2) is 35.6 Å². The van der Waals surface area contributed by atoms with E-state index in [1.54, 1.807) is 11.8 Å². The van der Waals surface area contributed by atoms with Crippen LogP contribution < -0.4 is 0 Å². The van der Waals surface area contributed by atoms with E-state index in [4.69, 9.17) is 9.84 Å². The van der Waals surface area contributed by atoms with Gasteiger partial charge in [-0.15, -0.1) is 0 Å². The smallest absolute Gasteiger partial charge is 0.0852 e. The summed E-state index contributed by atoms with van der Waals surface area (Å²) in [6, 6.07) is 10.0. The lowest BCUT2D eigenvalue weighted by Crippen LogP contribution is -2.26. The Morgan fingerprint density at radius 3 is 2.82 bits per heavy atom. The second-order valence-corrected chi connectivity index (χ2v) is 4.95. The summed E-state index contributed by atoms with van der Waals surface area (Å²) in [7, 11) is 0. The number of benzene rings is 1. The molecule has 4 heteroatoms. The Kier molecular flexibility index (Phi) is 4.62. The van der Waals surface area contributed by atoms with E-state index in [0.29, 0.717) is 6.61 Å². The third-order valence-corrected chi connectivity index (χ3v) is 3.64. The minimum atomic E-state index is -0.559. The Hall–Kier alpha value is -0.810. The molecule has 1 aliphatic rings. The summed E-state index contributed by atoms with van der Waals surface area (Å²) >= 11 is 1.60. The summed E-state index contributed by atoms with van der Waals surface area (Å²) in [5.41, 5.74) is 0. The van der Waals surface area contributed by atoms with Crippen LogP contribution in [0.3, 0.4) is 0 Å². The molecule has 0 bridgehead atoms. The Morgan fingerprint density at radius 1 is 1.35 bits per heavy atom. The van der Waals surface area contributed by atoms with E-state index in [1.807, 2.05) is 41.8 Å². The topological polar surface area (TPSA) is 49.7 Å². The normalized spacial score (nSPS) is 28.9. The first-order chi connectivity index (χ1) is 8.31. The predicted molar refractivity (Wildman–Crippen MR) is 67.8 cm³/mol. The number of thioether (sulfide) groups is 1. The van der Waals surface area contributed by atoms with Crippen LogP contribution >= 0.6 is 11.8 Å². The third kappa shape index (κ3) is 3.33. The third-order valence-electron chi connectivity index (χ3n) is 2.80. The van der Waals surface area contributed by atoms with Crippen LogP contribution in [0.1, 0.15) is 0 Å². The minimum Gasteiger partial charge on any atom is -0.396 e. The summed E-state index contributed by atoms with van der Waals surface area (Å²) < 4.78 is 5.40. The van der Waals surface area contributed by atoms with E-state index in [9.17, 15) is 5.11 Å². The first-order valence-electron chi connectivity index (χ1n) is 5.60. The highest BCUT2D eigenvalue weighted by Gasteiger charge is 2.33. The molecule has 92 valence electrons. The van der Waals surface area contributed by atoms with Crippen molar-refractivity contribution in [2.45, 2.75) is 17.1 Å². The van der Waals surface area contributed by atoms with Crippen LogP contribution in [0, 0.1) is 5.92 Å². The van der Waals surface area contributed by atoms with Crippen molar-refractivity contribution in [3.05, 3.63) is 41.8 Å². The lowest BCUT2D eigenvalue weighted by atomic mass is 10.0. The molecule has 2 N–H and O–H groups in total. The molecule has 1 aliphatic heterocycles. The van der Waals surface area contributed by atoms with Gasteiger partial charge >= 0.3 is 0 Å². The van der Waals surface area contributed by atoms with Gasteiger partial charge in [0.25, 0.3) is 0 Å². The van der Waals surface area contributed by atoms with Gasteiger partial charge < -0.3 is 14.9 Å². The fraction of sp³-hybridized carbons (Fsp3) is 0.385. The van der Waals surface area contributed by atoms with Crippen LogP contribution in [0.5, 0.6) is 0 Å². The zero-order valence-corrected chi connectivity index (χ0v) is 10.2. The van der Waals surface area contributed by atoms with E-state index in [0.717, 1.165) is 4.90 Å². The number of aliphatic hydroxyl groups is 2. The summed E-state index contributed by atoms with van der Waals surface area (Å²) in [6.07, 6.45) is 1.15. The number of rotatable bonds is 4. The number of ether oxygens (including phenoxy) is 1. The minimum absolute atomic E-state index is 0.0494. The van der Waals surface area contributed by atoms with Crippen LogP contribution in [0.2, 0.25) is 0 Å². The van der Waals surface area contributed by atoms with Gasteiger partial charge in [-0.25, -0.2) is 0 Å². The second kappa shape index (κ2) is 6.21. The largest absolute Gasteiger partial charge is 0.396 e. The second-order valence-electron chi connectivity index (χ2n) is 3.97. The van der Waals surface area contributed by atoms with Gasteiger partial charge in [0, 0.05) is 10.8 Å². The fourth-order valence-electron chi connectivity index (χ4n) is 1.79. The van der Waals surface area contributed by atoms with Crippen molar-refractivity contribution in [3.8, 4) is 0 Å². The first-order valence-corrected chi connectivity index (χ1v) is 6.48. The predicted octanol–water partition coefficient (Wildman–Crippen LogP) is 1.66. The molecule has 1 heterocycles. The van der Waals surface area contributed by atoms with Crippen molar-refractivity contribution >= 4 is 11.8 Å². The molecule has 0 aliphatic carbocycles. The van der Waals surface area contributed by atoms with Crippen molar-refractivity contribution in [1.29, 1.82) is 0 Å². The lowest BCUT2D eigenvalue weighted by Gasteiger charge is -2.13. The molecule has 0 amide bonds. The number of hydrogen-bond acceptors (Lipinski definition) is 4. The van der Waals surface area contributed by atoms with E-state index in [-0.39, 0.29) is 18.6 Å². The zero-order chi connectivity index (χ0) is 12.1. The summed E-state index contributed by atoms with van der Waals surface area (Å²) in [5.74, 6) is -0.206. The first kappa shape index (κ1) is 12.6. The monoisotopic (exact) mass is 252 g/mol. The lowest BCUT2D eigenvalue weighted by molar-refractivity contribution is 0.0967. The van der Waals surface area contributed by atoms with Gasteiger partial charge in [-0.3, -0.25) is 0 Å². The molecule has 17 heavy (non-hydrogen) atoms. The average Bonchev–Trinajstić information content (AvgIpc) is 2.71. The van der Waals surface area contributed by atoms with Crippen LogP contribution in [0.4, 0.5) is 0 Å². The molecule has 1 saturated heterocycles. The molecule has 0 unspecified atom stereocenters. The standard InChI is InChI=1S/C13H16O3S/c14-8-11-12(15)9-16-13(11)6-7-17-10-4-2-1-3-5-10/h1-7,11-15H,8-9H2/b7-6+/t11-,12+,13+/m0/s1. The molecule has 0 saturated carbocycles. The molecular weight excluding hydrogens is 236 g/mol. The fourth-order valence-corrected chi connectivity index (χ4v) is 2.50. The van der Waals surface area contributed by atoms with Gasteiger partial charge in [-0.2, -0.15) is 0 Å². The molecule has 3 atom stereocenters. The van der Waals surface area contributed by atoms with E-state index < -0.39 is 6.10 Å². The van der Waals surface area contributed by atoms with Gasteiger partial charge in [0.2, 0.25) is 0 Å². The molecule has 1 aromatic rings. The maximum absolute atomic E-state index is 9.55. The van der Waals surface area contributed by atoms with Crippen molar-refractivity contribution in [3.63, 3.8) is 0 Å². The SMILES string of the molecule is OC[C@H]1[C@H](O)CO[C@@H]1/C=C/Sc1ccccc1. The van der Waals surface area contributed by atoms with Crippen molar-refractivity contribution < 1.29 is 14.9 Å². The average molecular weight is 252 g/mol. The molecule has 0 spiro atoms. The van der Waals surface area contributed by atoms with E-state index in [2.05, 4.69) is 0 Å². The zero-order valence-electron chi connectivity index (χ0n) is 9.40. The van der Waals surface area contributed by atoms with Crippen LogP contribution in [-0.2, 0) is 4.74 Å². The Balaban J connectivity index is 1.89. The van der Waals surface area contributed by atoms with Crippen molar-refractivity contribution in [2.75, 3.05) is 13.2 Å². The van der Waals surface area contributed by atoms with Gasteiger partial charge in [0.15, 0.2) is 0 Å². The molecule has 1 fully saturated rings. The Morgan fingerprint density at radius 2 is 2.12 bits per heavy atom.